The Bertz CT molecular complexity index is 102. The molecule has 10 heavy (non-hydrogen) atoms. The minimum absolute atomic E-state index is 0.403. The Labute approximate surface area is 63.8 Å². The molecule has 0 amide bonds. The van der Waals surface area contributed by atoms with E-state index in [0.717, 1.165) is 26.1 Å². The van der Waals surface area contributed by atoms with Gasteiger partial charge in [-0.3, -0.25) is 0 Å². The lowest BCUT2D eigenvalue weighted by Crippen LogP contribution is -1.96. The van der Waals surface area contributed by atoms with Crippen molar-refractivity contribution in [3.05, 3.63) is 0 Å². The lowest BCUT2D eigenvalue weighted by molar-refractivity contribution is 0.141. The van der Waals surface area contributed by atoms with Crippen LogP contribution in [0.5, 0.6) is 0 Å². The van der Waals surface area contributed by atoms with Crippen molar-refractivity contribution >= 4 is 0 Å². The summed E-state index contributed by atoms with van der Waals surface area (Å²) in [7, 11) is 0. The summed E-state index contributed by atoms with van der Waals surface area (Å²) >= 11 is 0. The fraction of sp³-hybridized carbons (Fsp3) is 0.778. The van der Waals surface area contributed by atoms with Gasteiger partial charge in [0.05, 0.1) is 0 Å². The summed E-state index contributed by atoms with van der Waals surface area (Å²) in [6.07, 6.45) is 7.36. The van der Waals surface area contributed by atoms with E-state index in [1.165, 1.54) is 0 Å². The molecule has 0 aromatic rings. The van der Waals surface area contributed by atoms with Gasteiger partial charge in [0.1, 0.15) is 0 Å². The highest BCUT2D eigenvalue weighted by Gasteiger charge is 1.94. The Morgan fingerprint density at radius 2 is 2.30 bits per heavy atom. The van der Waals surface area contributed by atoms with Gasteiger partial charge < -0.3 is 4.74 Å². The van der Waals surface area contributed by atoms with Crippen LogP contribution in [0.15, 0.2) is 0 Å². The lowest BCUT2D eigenvalue weighted by Gasteiger charge is -2.02. The molecule has 0 aromatic carbocycles. The summed E-state index contributed by atoms with van der Waals surface area (Å²) in [5.41, 5.74) is 0. The fourth-order valence-electron chi connectivity index (χ4n) is 0.719. The molecule has 0 aliphatic rings. The van der Waals surface area contributed by atoms with Crippen molar-refractivity contribution < 1.29 is 4.74 Å². The highest BCUT2D eigenvalue weighted by Crippen LogP contribution is 2.02. The summed E-state index contributed by atoms with van der Waals surface area (Å²) in [4.78, 5) is 0. The van der Waals surface area contributed by atoms with Gasteiger partial charge in [-0.15, -0.1) is 12.3 Å². The minimum atomic E-state index is 0.403. The SMILES string of the molecule is C#CC(C)CCCOCC. The standard InChI is InChI=1S/C9H16O/c1-4-9(3)7-6-8-10-5-2/h1,9H,5-8H2,2-3H3. The van der Waals surface area contributed by atoms with Crippen molar-refractivity contribution in [1.82, 2.24) is 0 Å². The molecule has 0 heterocycles. The monoisotopic (exact) mass is 140 g/mol. The van der Waals surface area contributed by atoms with Crippen LogP contribution < -0.4 is 0 Å². The maximum Gasteiger partial charge on any atom is 0.0466 e. The number of hydrogen-bond donors (Lipinski definition) is 0. The molecule has 0 bridgehead atoms. The van der Waals surface area contributed by atoms with Crippen LogP contribution in [-0.4, -0.2) is 13.2 Å². The summed E-state index contributed by atoms with van der Waals surface area (Å²) in [6.45, 7) is 5.73. The summed E-state index contributed by atoms with van der Waals surface area (Å²) < 4.78 is 5.16. The van der Waals surface area contributed by atoms with Crippen molar-refractivity contribution in [3.8, 4) is 12.3 Å². The number of terminal acetylenes is 1. The van der Waals surface area contributed by atoms with Gasteiger partial charge in [0.25, 0.3) is 0 Å². The van der Waals surface area contributed by atoms with Gasteiger partial charge >= 0.3 is 0 Å². The normalized spacial score (nSPS) is 12.5. The molecule has 0 aliphatic carbocycles. The van der Waals surface area contributed by atoms with E-state index in [2.05, 4.69) is 12.8 Å². The fourth-order valence-corrected chi connectivity index (χ4v) is 0.719. The molecule has 0 rings (SSSR count). The third-order valence-corrected chi connectivity index (χ3v) is 1.41. The van der Waals surface area contributed by atoms with Crippen LogP contribution in [-0.2, 0) is 4.74 Å². The van der Waals surface area contributed by atoms with Crippen LogP contribution in [0.2, 0.25) is 0 Å². The Morgan fingerprint density at radius 3 is 2.80 bits per heavy atom. The Hall–Kier alpha value is -0.480. The Morgan fingerprint density at radius 1 is 1.60 bits per heavy atom. The molecule has 0 saturated carbocycles. The third-order valence-electron chi connectivity index (χ3n) is 1.41. The van der Waals surface area contributed by atoms with Crippen molar-refractivity contribution in [2.24, 2.45) is 5.92 Å². The van der Waals surface area contributed by atoms with Gasteiger partial charge in [0.2, 0.25) is 0 Å². The largest absolute Gasteiger partial charge is 0.382 e. The molecule has 0 N–H and O–H groups in total. The second kappa shape index (κ2) is 6.64. The average molecular weight is 140 g/mol. The molecular formula is C9H16O. The summed E-state index contributed by atoms with van der Waals surface area (Å²) in [6, 6.07) is 0. The highest BCUT2D eigenvalue weighted by atomic mass is 16.5. The smallest absolute Gasteiger partial charge is 0.0466 e. The topological polar surface area (TPSA) is 9.23 Å². The maximum absolute atomic E-state index is 5.20. The molecule has 0 fully saturated rings. The van der Waals surface area contributed by atoms with Crippen LogP contribution in [0.1, 0.15) is 26.7 Å². The number of ether oxygens (including phenoxy) is 1. The second-order valence-corrected chi connectivity index (χ2v) is 2.41. The van der Waals surface area contributed by atoms with Gasteiger partial charge in [-0.25, -0.2) is 0 Å². The van der Waals surface area contributed by atoms with E-state index in [1.807, 2.05) is 6.92 Å². The first kappa shape index (κ1) is 9.52. The van der Waals surface area contributed by atoms with Crippen molar-refractivity contribution in [3.63, 3.8) is 0 Å². The molecule has 0 spiro atoms. The van der Waals surface area contributed by atoms with Gasteiger partial charge in [-0.05, 0) is 19.8 Å². The molecule has 1 unspecified atom stereocenters. The molecule has 0 aliphatic heterocycles. The number of rotatable bonds is 5. The van der Waals surface area contributed by atoms with Crippen molar-refractivity contribution in [2.45, 2.75) is 26.7 Å². The predicted molar refractivity (Wildman–Crippen MR) is 43.7 cm³/mol. The molecule has 0 saturated heterocycles. The van der Waals surface area contributed by atoms with E-state index in [9.17, 15) is 0 Å². The molecule has 1 heteroatoms. The van der Waals surface area contributed by atoms with Gasteiger partial charge in [0, 0.05) is 19.1 Å². The maximum atomic E-state index is 5.20. The zero-order chi connectivity index (χ0) is 7.82. The van der Waals surface area contributed by atoms with Crippen LogP contribution >= 0.6 is 0 Å². The Kier molecular flexibility index (Phi) is 6.32. The van der Waals surface area contributed by atoms with E-state index in [4.69, 9.17) is 11.2 Å². The highest BCUT2D eigenvalue weighted by molar-refractivity contribution is 4.89. The van der Waals surface area contributed by atoms with E-state index in [1.54, 1.807) is 0 Å². The van der Waals surface area contributed by atoms with Crippen LogP contribution in [0.4, 0.5) is 0 Å². The number of hydrogen-bond acceptors (Lipinski definition) is 1. The van der Waals surface area contributed by atoms with Gasteiger partial charge in [0.15, 0.2) is 0 Å². The van der Waals surface area contributed by atoms with Crippen molar-refractivity contribution in [2.75, 3.05) is 13.2 Å². The van der Waals surface area contributed by atoms with E-state index < -0.39 is 0 Å². The summed E-state index contributed by atoms with van der Waals surface area (Å²) in [5, 5.41) is 0. The third kappa shape index (κ3) is 5.65. The zero-order valence-corrected chi connectivity index (χ0v) is 6.89. The second-order valence-electron chi connectivity index (χ2n) is 2.41. The van der Waals surface area contributed by atoms with Crippen LogP contribution in [0.25, 0.3) is 0 Å². The van der Waals surface area contributed by atoms with E-state index in [-0.39, 0.29) is 0 Å². The predicted octanol–water partition coefficient (Wildman–Crippen LogP) is 2.07. The molecule has 1 atom stereocenters. The summed E-state index contributed by atoms with van der Waals surface area (Å²) in [5.74, 6) is 3.09. The lowest BCUT2D eigenvalue weighted by atomic mass is 10.1. The van der Waals surface area contributed by atoms with Gasteiger partial charge in [-0.1, -0.05) is 6.92 Å². The van der Waals surface area contributed by atoms with E-state index >= 15 is 0 Å². The first-order valence-corrected chi connectivity index (χ1v) is 3.85. The first-order chi connectivity index (χ1) is 4.81. The minimum Gasteiger partial charge on any atom is -0.382 e. The Balaban J connectivity index is 2.98. The molecule has 1 nitrogen and oxygen atoms in total. The van der Waals surface area contributed by atoms with Crippen molar-refractivity contribution in [1.29, 1.82) is 0 Å². The molecular weight excluding hydrogens is 124 g/mol. The van der Waals surface area contributed by atoms with Crippen LogP contribution in [0.3, 0.4) is 0 Å². The quantitative estimate of drug-likeness (QED) is 0.419. The van der Waals surface area contributed by atoms with E-state index in [0.29, 0.717) is 5.92 Å². The first-order valence-electron chi connectivity index (χ1n) is 3.85. The van der Waals surface area contributed by atoms with Crippen LogP contribution in [0, 0.1) is 18.3 Å². The zero-order valence-electron chi connectivity index (χ0n) is 6.89. The average Bonchev–Trinajstić information content (AvgIpc) is 1.98. The molecule has 0 radical (unpaired) electrons. The molecule has 58 valence electrons. The van der Waals surface area contributed by atoms with Gasteiger partial charge in [-0.2, -0.15) is 0 Å². The molecule has 0 aromatic heterocycles.